The standard InChI is InChI=1S/C15H21F3N2O/c1-3-19-9-11-4-5-14(13(8-11)15(16,17)18)20-7-6-12(10-20)21-2/h4-5,8,12,19H,3,6-7,9-10H2,1-2H3. The highest BCUT2D eigenvalue weighted by atomic mass is 19.4. The maximum absolute atomic E-state index is 13.3. The Morgan fingerprint density at radius 3 is 2.71 bits per heavy atom. The molecule has 1 atom stereocenters. The number of anilines is 1. The first-order chi connectivity index (χ1) is 9.95. The smallest absolute Gasteiger partial charge is 0.380 e. The van der Waals surface area contributed by atoms with Crippen LogP contribution in [-0.4, -0.2) is 32.8 Å². The van der Waals surface area contributed by atoms with Gasteiger partial charge in [0.15, 0.2) is 0 Å². The quantitative estimate of drug-likeness (QED) is 0.905. The van der Waals surface area contributed by atoms with E-state index in [1.165, 1.54) is 6.07 Å². The second-order valence-electron chi connectivity index (χ2n) is 5.22. The molecule has 1 N–H and O–H groups in total. The predicted molar refractivity (Wildman–Crippen MR) is 76.5 cm³/mol. The first-order valence-corrected chi connectivity index (χ1v) is 7.14. The van der Waals surface area contributed by atoms with E-state index in [1.54, 1.807) is 24.1 Å². The zero-order valence-electron chi connectivity index (χ0n) is 12.3. The molecule has 1 aliphatic heterocycles. The summed E-state index contributed by atoms with van der Waals surface area (Å²) in [6.45, 7) is 4.19. The molecule has 0 aromatic heterocycles. The van der Waals surface area contributed by atoms with Crippen molar-refractivity contribution in [2.45, 2.75) is 32.2 Å². The second kappa shape index (κ2) is 6.66. The van der Waals surface area contributed by atoms with Crippen LogP contribution >= 0.6 is 0 Å². The van der Waals surface area contributed by atoms with E-state index in [9.17, 15) is 13.2 Å². The number of hydrogen-bond acceptors (Lipinski definition) is 3. The Labute approximate surface area is 123 Å². The van der Waals surface area contributed by atoms with Crippen LogP contribution in [0.1, 0.15) is 24.5 Å². The molecule has 0 radical (unpaired) electrons. The molecule has 0 spiro atoms. The number of halogens is 3. The van der Waals surface area contributed by atoms with Crippen LogP contribution < -0.4 is 10.2 Å². The molecule has 2 rings (SSSR count). The van der Waals surface area contributed by atoms with Gasteiger partial charge in [0, 0.05) is 32.4 Å². The zero-order chi connectivity index (χ0) is 15.5. The van der Waals surface area contributed by atoms with Crippen LogP contribution in [0.3, 0.4) is 0 Å². The lowest BCUT2D eigenvalue weighted by Gasteiger charge is -2.23. The summed E-state index contributed by atoms with van der Waals surface area (Å²) in [6, 6.07) is 4.58. The van der Waals surface area contributed by atoms with Gasteiger partial charge in [-0.25, -0.2) is 0 Å². The van der Waals surface area contributed by atoms with Gasteiger partial charge in [-0.15, -0.1) is 0 Å². The van der Waals surface area contributed by atoms with E-state index in [0.717, 1.165) is 13.0 Å². The van der Waals surface area contributed by atoms with Gasteiger partial charge < -0.3 is 15.0 Å². The summed E-state index contributed by atoms with van der Waals surface area (Å²) in [5, 5.41) is 3.05. The molecule has 0 aliphatic carbocycles. The Morgan fingerprint density at radius 2 is 2.14 bits per heavy atom. The number of rotatable bonds is 5. The van der Waals surface area contributed by atoms with Gasteiger partial charge in [0.25, 0.3) is 0 Å². The molecule has 0 saturated carbocycles. The third-order valence-electron chi connectivity index (χ3n) is 3.76. The zero-order valence-corrected chi connectivity index (χ0v) is 12.3. The lowest BCUT2D eigenvalue weighted by atomic mass is 10.1. The number of nitrogens with one attached hydrogen (secondary N) is 1. The van der Waals surface area contributed by atoms with Crippen molar-refractivity contribution in [3.05, 3.63) is 29.3 Å². The van der Waals surface area contributed by atoms with E-state index in [2.05, 4.69) is 5.32 Å². The number of benzene rings is 1. The highest BCUT2D eigenvalue weighted by Gasteiger charge is 2.36. The molecule has 1 saturated heterocycles. The van der Waals surface area contributed by atoms with Crippen molar-refractivity contribution in [3.63, 3.8) is 0 Å². The summed E-state index contributed by atoms with van der Waals surface area (Å²) in [5.74, 6) is 0. The van der Waals surface area contributed by atoms with Crippen LogP contribution in [0.5, 0.6) is 0 Å². The Kier molecular flexibility index (Phi) is 5.11. The summed E-state index contributed by atoms with van der Waals surface area (Å²) >= 11 is 0. The Balaban J connectivity index is 2.28. The molecule has 0 bridgehead atoms. The third kappa shape index (κ3) is 3.89. The normalized spacial score (nSPS) is 19.3. The van der Waals surface area contributed by atoms with E-state index in [-0.39, 0.29) is 11.8 Å². The molecule has 3 nitrogen and oxygen atoms in total. The second-order valence-corrected chi connectivity index (χ2v) is 5.22. The molecular weight excluding hydrogens is 281 g/mol. The average molecular weight is 302 g/mol. The molecule has 21 heavy (non-hydrogen) atoms. The first kappa shape index (κ1) is 16.1. The number of alkyl halides is 3. The van der Waals surface area contributed by atoms with Crippen molar-refractivity contribution in [1.29, 1.82) is 0 Å². The molecule has 1 aromatic carbocycles. The topological polar surface area (TPSA) is 24.5 Å². The summed E-state index contributed by atoms with van der Waals surface area (Å²) in [6.07, 6.45) is -3.58. The van der Waals surface area contributed by atoms with E-state index in [0.29, 0.717) is 25.2 Å². The number of methoxy groups -OCH3 is 1. The largest absolute Gasteiger partial charge is 0.418 e. The van der Waals surface area contributed by atoms with Crippen molar-refractivity contribution in [2.24, 2.45) is 0 Å². The van der Waals surface area contributed by atoms with Crippen molar-refractivity contribution in [2.75, 3.05) is 31.6 Å². The Morgan fingerprint density at radius 1 is 1.38 bits per heavy atom. The molecule has 1 heterocycles. The fraction of sp³-hybridized carbons (Fsp3) is 0.600. The van der Waals surface area contributed by atoms with E-state index >= 15 is 0 Å². The van der Waals surface area contributed by atoms with Crippen molar-refractivity contribution in [1.82, 2.24) is 5.32 Å². The van der Waals surface area contributed by atoms with Crippen molar-refractivity contribution >= 4 is 5.69 Å². The minimum atomic E-state index is -4.34. The molecule has 1 fully saturated rings. The molecule has 0 amide bonds. The van der Waals surface area contributed by atoms with Crippen LogP contribution in [0.25, 0.3) is 0 Å². The molecule has 118 valence electrons. The molecular formula is C15H21F3N2O. The number of ether oxygens (including phenoxy) is 1. The van der Waals surface area contributed by atoms with Gasteiger partial charge in [-0.05, 0) is 30.7 Å². The molecule has 1 aliphatic rings. The molecule has 6 heteroatoms. The summed E-state index contributed by atoms with van der Waals surface area (Å²) in [5.41, 5.74) is 0.340. The molecule has 1 unspecified atom stereocenters. The van der Waals surface area contributed by atoms with Gasteiger partial charge in [-0.3, -0.25) is 0 Å². The predicted octanol–water partition coefficient (Wildman–Crippen LogP) is 3.04. The monoisotopic (exact) mass is 302 g/mol. The van der Waals surface area contributed by atoms with E-state index in [1.807, 2.05) is 6.92 Å². The summed E-state index contributed by atoms with van der Waals surface area (Å²) in [7, 11) is 1.60. The van der Waals surface area contributed by atoms with Gasteiger partial charge >= 0.3 is 6.18 Å². The SMILES string of the molecule is CCNCc1ccc(N2CCC(OC)C2)c(C(F)(F)F)c1. The first-order valence-electron chi connectivity index (χ1n) is 7.14. The Bertz CT molecular complexity index is 476. The lowest BCUT2D eigenvalue weighted by molar-refractivity contribution is -0.137. The highest BCUT2D eigenvalue weighted by Crippen LogP contribution is 2.38. The fourth-order valence-corrected chi connectivity index (χ4v) is 2.60. The maximum Gasteiger partial charge on any atom is 0.418 e. The van der Waals surface area contributed by atoms with Gasteiger partial charge in [0.05, 0.1) is 11.7 Å². The van der Waals surface area contributed by atoms with Crippen LogP contribution in [0.4, 0.5) is 18.9 Å². The fourth-order valence-electron chi connectivity index (χ4n) is 2.60. The minimum absolute atomic E-state index is 0.00696. The Hall–Kier alpha value is -1.27. The maximum atomic E-state index is 13.3. The van der Waals surface area contributed by atoms with Gasteiger partial charge in [-0.1, -0.05) is 13.0 Å². The van der Waals surface area contributed by atoms with Gasteiger partial charge in [0.2, 0.25) is 0 Å². The van der Waals surface area contributed by atoms with Crippen LogP contribution in [0, 0.1) is 0 Å². The summed E-state index contributed by atoms with van der Waals surface area (Å²) < 4.78 is 45.1. The lowest BCUT2D eigenvalue weighted by Crippen LogP contribution is -2.25. The third-order valence-corrected chi connectivity index (χ3v) is 3.76. The van der Waals surface area contributed by atoms with Crippen molar-refractivity contribution in [3.8, 4) is 0 Å². The van der Waals surface area contributed by atoms with Crippen LogP contribution in [-0.2, 0) is 17.5 Å². The van der Waals surface area contributed by atoms with E-state index < -0.39 is 11.7 Å². The molecule has 1 aromatic rings. The van der Waals surface area contributed by atoms with Crippen molar-refractivity contribution < 1.29 is 17.9 Å². The van der Waals surface area contributed by atoms with E-state index in [4.69, 9.17) is 4.74 Å². The highest BCUT2D eigenvalue weighted by molar-refractivity contribution is 5.57. The van der Waals surface area contributed by atoms with Crippen LogP contribution in [0.2, 0.25) is 0 Å². The van der Waals surface area contributed by atoms with Gasteiger partial charge in [-0.2, -0.15) is 13.2 Å². The average Bonchev–Trinajstić information content (AvgIpc) is 2.92. The number of hydrogen-bond donors (Lipinski definition) is 1. The van der Waals surface area contributed by atoms with Crippen LogP contribution in [0.15, 0.2) is 18.2 Å². The summed E-state index contributed by atoms with van der Waals surface area (Å²) in [4.78, 5) is 1.76. The van der Waals surface area contributed by atoms with Gasteiger partial charge in [0.1, 0.15) is 0 Å². The minimum Gasteiger partial charge on any atom is -0.380 e. The number of nitrogens with zero attached hydrogens (tertiary/aromatic N) is 1.